The smallest absolute Gasteiger partial charge is 0.191 e. The van der Waals surface area contributed by atoms with Crippen molar-refractivity contribution in [3.05, 3.63) is 52.7 Å². The van der Waals surface area contributed by atoms with Crippen LogP contribution >= 0.6 is 24.0 Å². The van der Waals surface area contributed by atoms with Crippen LogP contribution in [0.15, 0.2) is 33.8 Å². The molecule has 28 heavy (non-hydrogen) atoms. The number of aromatic nitrogens is 1. The fourth-order valence-electron chi connectivity index (χ4n) is 3.39. The van der Waals surface area contributed by atoms with Gasteiger partial charge in [-0.3, -0.25) is 0 Å². The van der Waals surface area contributed by atoms with E-state index in [0.717, 1.165) is 61.7 Å². The first kappa shape index (κ1) is 22.6. The lowest BCUT2D eigenvalue weighted by Gasteiger charge is -2.19. The van der Waals surface area contributed by atoms with Crippen LogP contribution in [0.1, 0.15) is 56.2 Å². The summed E-state index contributed by atoms with van der Waals surface area (Å²) < 4.78 is 18.6. The molecule has 1 aliphatic rings. The number of halogens is 2. The zero-order valence-corrected chi connectivity index (χ0v) is 19.2. The molecule has 0 radical (unpaired) electrons. The van der Waals surface area contributed by atoms with Gasteiger partial charge in [-0.1, -0.05) is 31.1 Å². The van der Waals surface area contributed by atoms with E-state index in [0.29, 0.717) is 6.54 Å². The summed E-state index contributed by atoms with van der Waals surface area (Å²) in [6.45, 7) is 8.33. The molecule has 1 heterocycles. The van der Waals surface area contributed by atoms with E-state index in [4.69, 9.17) is 9.52 Å². The second kappa shape index (κ2) is 10.2. The number of rotatable bonds is 8. The summed E-state index contributed by atoms with van der Waals surface area (Å²) in [4.78, 5) is 4.75. The van der Waals surface area contributed by atoms with Crippen LogP contribution in [-0.4, -0.2) is 24.2 Å². The number of nitrogens with zero attached hydrogens (tertiary/aromatic N) is 2. The van der Waals surface area contributed by atoms with Crippen molar-refractivity contribution < 1.29 is 8.91 Å². The van der Waals surface area contributed by atoms with Crippen LogP contribution in [0, 0.1) is 5.82 Å². The Hall–Kier alpha value is -1.64. The summed E-state index contributed by atoms with van der Waals surface area (Å²) >= 11 is 0. The van der Waals surface area contributed by atoms with Gasteiger partial charge in [0.1, 0.15) is 11.6 Å². The molecule has 1 aromatic heterocycles. The Morgan fingerprint density at radius 1 is 1.14 bits per heavy atom. The van der Waals surface area contributed by atoms with Crippen molar-refractivity contribution in [3.63, 3.8) is 0 Å². The van der Waals surface area contributed by atoms with Gasteiger partial charge in [0.25, 0.3) is 0 Å². The Kier molecular flexibility index (Phi) is 8.27. The van der Waals surface area contributed by atoms with E-state index in [1.165, 1.54) is 5.56 Å². The summed E-state index contributed by atoms with van der Waals surface area (Å²) in [6.07, 6.45) is 3.87. The Bertz CT molecular complexity index is 763. The zero-order valence-electron chi connectivity index (χ0n) is 16.8. The van der Waals surface area contributed by atoms with Crippen molar-refractivity contribution in [3.8, 4) is 0 Å². The number of aliphatic imine (C=N–C) groups is 1. The van der Waals surface area contributed by atoms with Crippen molar-refractivity contribution in [2.75, 3.05) is 13.1 Å². The highest BCUT2D eigenvalue weighted by molar-refractivity contribution is 14.0. The average Bonchev–Trinajstić information content (AvgIpc) is 3.37. The van der Waals surface area contributed by atoms with Crippen molar-refractivity contribution in [1.82, 2.24) is 15.8 Å². The Morgan fingerprint density at radius 3 is 2.43 bits per heavy atom. The molecular weight excluding hydrogens is 470 g/mol. The van der Waals surface area contributed by atoms with Gasteiger partial charge in [-0.25, -0.2) is 9.38 Å². The first-order valence-electron chi connectivity index (χ1n) is 9.86. The summed E-state index contributed by atoms with van der Waals surface area (Å²) in [5.41, 5.74) is 3.35. The Balaban J connectivity index is 0.00000280. The van der Waals surface area contributed by atoms with Gasteiger partial charge in [-0.05, 0) is 43.9 Å². The maximum absolute atomic E-state index is 13.2. The number of benzene rings is 1. The van der Waals surface area contributed by atoms with Gasteiger partial charge in [0.05, 0.1) is 12.2 Å². The first-order valence-corrected chi connectivity index (χ1v) is 9.86. The van der Waals surface area contributed by atoms with E-state index < -0.39 is 0 Å². The normalized spacial score (nSPS) is 15.1. The zero-order chi connectivity index (χ0) is 19.3. The molecule has 0 aliphatic heterocycles. The molecule has 1 aliphatic carbocycles. The number of guanidine groups is 1. The molecule has 0 bridgehead atoms. The molecule has 1 saturated carbocycles. The van der Waals surface area contributed by atoms with E-state index >= 15 is 0 Å². The van der Waals surface area contributed by atoms with Gasteiger partial charge in [-0.2, -0.15) is 0 Å². The lowest BCUT2D eigenvalue weighted by molar-refractivity contribution is 0.380. The maximum Gasteiger partial charge on any atom is 0.191 e. The van der Waals surface area contributed by atoms with Crippen molar-refractivity contribution in [2.24, 2.45) is 4.99 Å². The van der Waals surface area contributed by atoms with Gasteiger partial charge < -0.3 is 15.2 Å². The fraction of sp³-hybridized carbons (Fsp3) is 0.524. The van der Waals surface area contributed by atoms with Crippen LogP contribution < -0.4 is 10.6 Å². The van der Waals surface area contributed by atoms with Crippen molar-refractivity contribution >= 4 is 29.9 Å². The third-order valence-electron chi connectivity index (χ3n) is 5.25. The minimum absolute atomic E-state index is 0. The van der Waals surface area contributed by atoms with E-state index in [2.05, 4.69) is 36.6 Å². The minimum atomic E-state index is -0.190. The van der Waals surface area contributed by atoms with Gasteiger partial charge in [0.2, 0.25) is 0 Å². The maximum atomic E-state index is 13.2. The number of hydrogen-bond acceptors (Lipinski definition) is 3. The lowest BCUT2D eigenvalue weighted by Crippen LogP contribution is -2.41. The predicted octanol–water partition coefficient (Wildman–Crippen LogP) is 4.34. The lowest BCUT2D eigenvalue weighted by atomic mass is 9.96. The molecule has 0 spiro atoms. The van der Waals surface area contributed by atoms with Gasteiger partial charge in [0.15, 0.2) is 5.96 Å². The molecule has 1 fully saturated rings. The third kappa shape index (κ3) is 5.24. The number of nitrogens with one attached hydrogen (secondary N) is 2. The van der Waals surface area contributed by atoms with Crippen molar-refractivity contribution in [1.29, 1.82) is 0 Å². The second-order valence-electron chi connectivity index (χ2n) is 7.07. The van der Waals surface area contributed by atoms with Gasteiger partial charge in [-0.15, -0.1) is 24.0 Å². The van der Waals surface area contributed by atoms with Crippen LogP contribution in [0.25, 0.3) is 0 Å². The van der Waals surface area contributed by atoms with Crippen LogP contribution in [-0.2, 0) is 24.8 Å². The summed E-state index contributed by atoms with van der Waals surface area (Å²) in [7, 11) is 0. The molecule has 0 atom stereocenters. The van der Waals surface area contributed by atoms with E-state index in [9.17, 15) is 4.39 Å². The molecular formula is C21H30FIN4O. The summed E-state index contributed by atoms with van der Waals surface area (Å²) in [6, 6.07) is 6.87. The highest BCUT2D eigenvalue weighted by Crippen LogP contribution is 2.47. The van der Waals surface area contributed by atoms with Crippen molar-refractivity contribution in [2.45, 2.75) is 58.4 Å². The average molecular weight is 500 g/mol. The molecule has 2 aromatic rings. The molecule has 154 valence electrons. The first-order chi connectivity index (χ1) is 13.1. The standard InChI is InChI=1S/C21H29FN4O.HI/c1-4-18-17(19(5-2)27-26-18)13-24-20(23-6-3)25-14-21(11-12-21)15-7-9-16(22)10-8-15;/h7-10H,4-6,11-14H2,1-3H3,(H2,23,24,25);1H. The molecule has 2 N–H and O–H groups in total. The fourth-order valence-corrected chi connectivity index (χ4v) is 3.39. The van der Waals surface area contributed by atoms with Crippen LogP contribution in [0.3, 0.4) is 0 Å². The molecule has 5 nitrogen and oxygen atoms in total. The van der Waals surface area contributed by atoms with E-state index in [1.54, 1.807) is 12.1 Å². The highest BCUT2D eigenvalue weighted by Gasteiger charge is 2.44. The SMILES string of the molecule is CCNC(=NCc1c(CC)noc1CC)NCC1(c2ccc(F)cc2)CC1.I. The topological polar surface area (TPSA) is 62.5 Å². The highest BCUT2D eigenvalue weighted by atomic mass is 127. The van der Waals surface area contributed by atoms with Gasteiger partial charge >= 0.3 is 0 Å². The van der Waals surface area contributed by atoms with E-state index in [-0.39, 0.29) is 35.2 Å². The van der Waals surface area contributed by atoms with E-state index in [1.807, 2.05) is 12.1 Å². The summed E-state index contributed by atoms with van der Waals surface area (Å²) in [5.74, 6) is 1.51. The van der Waals surface area contributed by atoms with Crippen LogP contribution in [0.2, 0.25) is 0 Å². The Morgan fingerprint density at radius 2 is 1.86 bits per heavy atom. The molecule has 0 unspecified atom stereocenters. The summed E-state index contributed by atoms with van der Waals surface area (Å²) in [5, 5.41) is 10.9. The third-order valence-corrected chi connectivity index (χ3v) is 5.25. The second-order valence-corrected chi connectivity index (χ2v) is 7.07. The largest absolute Gasteiger partial charge is 0.361 e. The molecule has 1 aromatic carbocycles. The molecule has 7 heteroatoms. The minimum Gasteiger partial charge on any atom is -0.361 e. The molecule has 0 amide bonds. The number of hydrogen-bond donors (Lipinski definition) is 2. The Labute approximate surface area is 183 Å². The quantitative estimate of drug-likeness (QED) is 0.322. The molecule has 0 saturated heterocycles. The van der Waals surface area contributed by atoms with Gasteiger partial charge in [0, 0.05) is 30.5 Å². The molecule has 3 rings (SSSR count). The monoisotopic (exact) mass is 500 g/mol. The predicted molar refractivity (Wildman–Crippen MR) is 121 cm³/mol. The number of aryl methyl sites for hydroxylation is 2. The van der Waals surface area contributed by atoms with Crippen LogP contribution in [0.4, 0.5) is 4.39 Å². The van der Waals surface area contributed by atoms with Crippen LogP contribution in [0.5, 0.6) is 0 Å².